The molecule has 5 aromatic rings. The Morgan fingerprint density at radius 2 is 1.86 bits per heavy atom. The number of rotatable bonds is 6. The van der Waals surface area contributed by atoms with Crippen LogP contribution in [0.3, 0.4) is 0 Å². The van der Waals surface area contributed by atoms with Crippen LogP contribution in [0, 0.1) is 0 Å². The number of anilines is 3. The summed E-state index contributed by atoms with van der Waals surface area (Å²) in [5.74, 6) is 2.17. The summed E-state index contributed by atoms with van der Waals surface area (Å²) in [5.41, 5.74) is 8.97. The van der Waals surface area contributed by atoms with E-state index < -0.39 is 0 Å². The molecule has 0 spiro atoms. The molecule has 1 amide bonds. The number of benzene rings is 1. The minimum absolute atomic E-state index is 0.140. The molecule has 9 nitrogen and oxygen atoms in total. The predicted octanol–water partition coefficient (Wildman–Crippen LogP) is 3.74. The Kier molecular flexibility index (Phi) is 5.21. The largest absolute Gasteiger partial charge is 0.383 e. The average Bonchev–Trinajstić information content (AvgIpc) is 3.49. The molecule has 5 heterocycles. The third-order valence-electron chi connectivity index (χ3n) is 6.30. The average molecular weight is 465 g/mol. The van der Waals surface area contributed by atoms with Crippen LogP contribution in [-0.4, -0.2) is 37.2 Å². The van der Waals surface area contributed by atoms with Gasteiger partial charge in [0, 0.05) is 49.7 Å². The molecular formula is C26H24N8O. The van der Waals surface area contributed by atoms with Crippen molar-refractivity contribution in [3.63, 3.8) is 0 Å². The zero-order chi connectivity index (χ0) is 23.8. The Labute approximate surface area is 201 Å². The van der Waals surface area contributed by atoms with Gasteiger partial charge in [0.15, 0.2) is 0 Å². The topological polar surface area (TPSA) is 115 Å². The molecule has 0 bridgehead atoms. The summed E-state index contributed by atoms with van der Waals surface area (Å²) in [4.78, 5) is 26.9. The number of hydrogen-bond acceptors (Lipinski definition) is 7. The number of pyridine rings is 3. The third kappa shape index (κ3) is 4.12. The van der Waals surface area contributed by atoms with Crippen LogP contribution in [0.25, 0.3) is 21.7 Å². The molecule has 3 N–H and O–H groups in total. The van der Waals surface area contributed by atoms with Gasteiger partial charge in [0.05, 0.1) is 17.4 Å². The van der Waals surface area contributed by atoms with E-state index in [9.17, 15) is 4.79 Å². The highest BCUT2D eigenvalue weighted by molar-refractivity contribution is 5.94. The van der Waals surface area contributed by atoms with Gasteiger partial charge >= 0.3 is 0 Å². The third-order valence-corrected chi connectivity index (χ3v) is 6.30. The van der Waals surface area contributed by atoms with Crippen LogP contribution >= 0.6 is 0 Å². The highest BCUT2D eigenvalue weighted by Gasteiger charge is 2.22. The fourth-order valence-electron chi connectivity index (χ4n) is 4.51. The standard InChI is InChI=1S/C26H24N8O/c27-25-20-5-3-17(12-19(20)7-9-28-25)13-31-26-21-16-33(32-22(21)8-10-29-26)15-18-4-6-23(30-14-18)34-11-1-2-24(34)35/h3-10,12,14,16H,1-2,11,13,15H2,(H2,27,28)(H,29,31). The van der Waals surface area contributed by atoms with Crippen molar-refractivity contribution in [3.05, 3.63) is 78.4 Å². The van der Waals surface area contributed by atoms with Crippen LogP contribution in [0.5, 0.6) is 0 Å². The van der Waals surface area contributed by atoms with Crippen molar-refractivity contribution in [2.24, 2.45) is 0 Å². The molecule has 1 saturated heterocycles. The van der Waals surface area contributed by atoms with Gasteiger partial charge in [-0.05, 0) is 47.2 Å². The summed E-state index contributed by atoms with van der Waals surface area (Å²) >= 11 is 0. The second-order valence-corrected chi connectivity index (χ2v) is 8.70. The Morgan fingerprint density at radius 1 is 0.971 bits per heavy atom. The van der Waals surface area contributed by atoms with E-state index in [1.165, 1.54) is 0 Å². The van der Waals surface area contributed by atoms with Gasteiger partial charge in [0.2, 0.25) is 5.91 Å². The van der Waals surface area contributed by atoms with Crippen LogP contribution in [0.1, 0.15) is 24.0 Å². The fraction of sp³-hybridized carbons (Fsp3) is 0.192. The molecule has 1 aliphatic rings. The van der Waals surface area contributed by atoms with Crippen LogP contribution in [0.15, 0.2) is 67.3 Å². The molecule has 35 heavy (non-hydrogen) atoms. The summed E-state index contributed by atoms with van der Waals surface area (Å²) in [5, 5.41) is 11.1. The van der Waals surface area contributed by atoms with Crippen molar-refractivity contribution in [1.29, 1.82) is 0 Å². The molecule has 1 aromatic carbocycles. The molecule has 1 aliphatic heterocycles. The van der Waals surface area contributed by atoms with Gasteiger partial charge in [0.25, 0.3) is 0 Å². The zero-order valence-corrected chi connectivity index (χ0v) is 19.1. The van der Waals surface area contributed by atoms with Crippen molar-refractivity contribution in [2.75, 3.05) is 22.5 Å². The quantitative estimate of drug-likeness (QED) is 0.393. The summed E-state index contributed by atoms with van der Waals surface area (Å²) in [6, 6.07) is 13.9. The van der Waals surface area contributed by atoms with E-state index in [4.69, 9.17) is 10.8 Å². The van der Waals surface area contributed by atoms with E-state index in [0.717, 1.165) is 51.6 Å². The van der Waals surface area contributed by atoms with Crippen molar-refractivity contribution in [3.8, 4) is 0 Å². The van der Waals surface area contributed by atoms with Crippen molar-refractivity contribution >= 4 is 45.0 Å². The molecule has 1 fully saturated rings. The molecule has 9 heteroatoms. The molecule has 6 rings (SSSR count). The normalized spacial score (nSPS) is 13.7. The van der Waals surface area contributed by atoms with Crippen LogP contribution in [-0.2, 0) is 17.9 Å². The van der Waals surface area contributed by atoms with Crippen molar-refractivity contribution in [1.82, 2.24) is 24.7 Å². The summed E-state index contributed by atoms with van der Waals surface area (Å²) < 4.78 is 1.89. The number of fused-ring (bicyclic) bond motifs is 2. The van der Waals surface area contributed by atoms with E-state index in [1.807, 2.05) is 53.5 Å². The smallest absolute Gasteiger partial charge is 0.228 e. The Hall–Kier alpha value is -4.53. The van der Waals surface area contributed by atoms with Gasteiger partial charge in [-0.3, -0.25) is 14.4 Å². The maximum Gasteiger partial charge on any atom is 0.228 e. The second kappa shape index (κ2) is 8.68. The zero-order valence-electron chi connectivity index (χ0n) is 19.1. The first kappa shape index (κ1) is 21.0. The lowest BCUT2D eigenvalue weighted by molar-refractivity contribution is -0.117. The van der Waals surface area contributed by atoms with E-state index in [0.29, 0.717) is 31.1 Å². The monoisotopic (exact) mass is 464 g/mol. The number of nitrogen functional groups attached to an aromatic ring is 1. The second-order valence-electron chi connectivity index (χ2n) is 8.70. The van der Waals surface area contributed by atoms with Gasteiger partial charge in [-0.2, -0.15) is 5.10 Å². The van der Waals surface area contributed by atoms with E-state index in [1.54, 1.807) is 17.3 Å². The lowest BCUT2D eigenvalue weighted by Gasteiger charge is -2.14. The molecular weight excluding hydrogens is 440 g/mol. The number of hydrogen-bond donors (Lipinski definition) is 2. The molecule has 4 aromatic heterocycles. The van der Waals surface area contributed by atoms with Gasteiger partial charge in [0.1, 0.15) is 17.5 Å². The van der Waals surface area contributed by atoms with Crippen LogP contribution < -0.4 is 16.0 Å². The summed E-state index contributed by atoms with van der Waals surface area (Å²) in [6.07, 6.45) is 8.78. The molecule has 174 valence electrons. The van der Waals surface area contributed by atoms with E-state index in [-0.39, 0.29) is 5.91 Å². The number of nitrogens with one attached hydrogen (secondary N) is 1. The van der Waals surface area contributed by atoms with Gasteiger partial charge in [-0.15, -0.1) is 0 Å². The minimum Gasteiger partial charge on any atom is -0.383 e. The first-order valence-corrected chi connectivity index (χ1v) is 11.6. The maximum atomic E-state index is 11.9. The Bertz CT molecular complexity index is 1540. The lowest BCUT2D eigenvalue weighted by atomic mass is 10.1. The van der Waals surface area contributed by atoms with Gasteiger partial charge < -0.3 is 11.1 Å². The number of aromatic nitrogens is 5. The number of nitrogens with zero attached hydrogens (tertiary/aromatic N) is 6. The number of nitrogens with two attached hydrogens (primary N) is 1. The summed E-state index contributed by atoms with van der Waals surface area (Å²) in [7, 11) is 0. The van der Waals surface area contributed by atoms with E-state index in [2.05, 4.69) is 26.3 Å². The first-order valence-electron chi connectivity index (χ1n) is 11.6. The molecule has 0 saturated carbocycles. The van der Waals surface area contributed by atoms with Gasteiger partial charge in [-0.1, -0.05) is 18.2 Å². The first-order chi connectivity index (χ1) is 17.1. The summed E-state index contributed by atoms with van der Waals surface area (Å²) in [6.45, 7) is 1.94. The fourth-order valence-corrected chi connectivity index (χ4v) is 4.51. The number of carbonyl (C=O) groups is 1. The van der Waals surface area contributed by atoms with Crippen molar-refractivity contribution in [2.45, 2.75) is 25.9 Å². The van der Waals surface area contributed by atoms with Gasteiger partial charge in [-0.25, -0.2) is 15.0 Å². The molecule has 0 atom stereocenters. The number of amides is 1. The van der Waals surface area contributed by atoms with Crippen LogP contribution in [0.2, 0.25) is 0 Å². The predicted molar refractivity (Wildman–Crippen MR) is 136 cm³/mol. The molecule has 0 unspecified atom stereocenters. The maximum absolute atomic E-state index is 11.9. The minimum atomic E-state index is 0.140. The highest BCUT2D eigenvalue weighted by atomic mass is 16.2. The highest BCUT2D eigenvalue weighted by Crippen LogP contribution is 2.24. The Morgan fingerprint density at radius 3 is 2.69 bits per heavy atom. The molecule has 0 radical (unpaired) electrons. The SMILES string of the molecule is Nc1nccc2cc(CNc3nccc4nn(Cc5ccc(N6CCCC6=O)nc5)cc34)ccc12. The lowest BCUT2D eigenvalue weighted by Crippen LogP contribution is -2.24. The van der Waals surface area contributed by atoms with Crippen molar-refractivity contribution < 1.29 is 4.79 Å². The van der Waals surface area contributed by atoms with E-state index >= 15 is 0 Å². The van der Waals surface area contributed by atoms with Crippen LogP contribution in [0.4, 0.5) is 17.5 Å². The molecule has 0 aliphatic carbocycles. The Balaban J connectivity index is 1.18. The number of carbonyl (C=O) groups excluding carboxylic acids is 1.